The molecule has 0 saturated heterocycles. The molecule has 1 aliphatic rings. The van der Waals surface area contributed by atoms with Crippen molar-refractivity contribution in [1.82, 2.24) is 0 Å². The Morgan fingerprint density at radius 3 is 1.97 bits per heavy atom. The summed E-state index contributed by atoms with van der Waals surface area (Å²) in [6, 6.07) is 8.60. The van der Waals surface area contributed by atoms with Crippen LogP contribution in [0.1, 0.15) is 112 Å². The quantitative estimate of drug-likeness (QED) is 0.340. The van der Waals surface area contributed by atoms with Crippen molar-refractivity contribution in [3.63, 3.8) is 0 Å². The fraction of sp³-hybridized carbons (Fsp3) is 0.786. The van der Waals surface area contributed by atoms with Crippen molar-refractivity contribution in [2.75, 3.05) is 0 Å². The van der Waals surface area contributed by atoms with E-state index in [1.165, 1.54) is 56.9 Å². The largest absolute Gasteiger partial charge is 0.487 e. The topological polar surface area (TPSA) is 9.23 Å². The van der Waals surface area contributed by atoms with Crippen LogP contribution in [0.5, 0.6) is 5.75 Å². The van der Waals surface area contributed by atoms with Crippen LogP contribution < -0.4 is 4.74 Å². The van der Waals surface area contributed by atoms with E-state index in [1.54, 1.807) is 0 Å². The first kappa shape index (κ1) is 24.3. The third-order valence-electron chi connectivity index (χ3n) is 7.59. The molecule has 0 bridgehead atoms. The van der Waals surface area contributed by atoms with Crippen LogP contribution in [-0.4, -0.2) is 5.60 Å². The molecule has 0 spiro atoms. The summed E-state index contributed by atoms with van der Waals surface area (Å²) in [5.74, 6) is 3.70. The lowest BCUT2D eigenvalue weighted by Gasteiger charge is -2.48. The van der Waals surface area contributed by atoms with E-state index in [-0.39, 0.29) is 11.0 Å². The highest BCUT2D eigenvalue weighted by molar-refractivity contribution is 5.37. The van der Waals surface area contributed by atoms with E-state index < -0.39 is 0 Å². The minimum atomic E-state index is -0.0635. The molecule has 1 nitrogen and oxygen atoms in total. The summed E-state index contributed by atoms with van der Waals surface area (Å²) < 4.78 is 6.58. The Morgan fingerprint density at radius 1 is 0.793 bits per heavy atom. The predicted octanol–water partition coefficient (Wildman–Crippen LogP) is 8.85. The lowest BCUT2D eigenvalue weighted by Crippen LogP contribution is -2.51. The van der Waals surface area contributed by atoms with Crippen LogP contribution in [-0.2, 0) is 6.42 Å². The maximum Gasteiger partial charge on any atom is 0.123 e. The van der Waals surface area contributed by atoms with Gasteiger partial charge in [0, 0.05) is 5.41 Å². The van der Waals surface area contributed by atoms with E-state index in [1.807, 2.05) is 0 Å². The molecule has 0 fully saturated rings. The van der Waals surface area contributed by atoms with Crippen molar-refractivity contribution in [3.05, 3.63) is 29.8 Å². The zero-order valence-corrected chi connectivity index (χ0v) is 20.5. The Kier molecular flexibility index (Phi) is 9.11. The van der Waals surface area contributed by atoms with Crippen LogP contribution in [0.4, 0.5) is 0 Å². The predicted molar refractivity (Wildman–Crippen MR) is 128 cm³/mol. The van der Waals surface area contributed by atoms with Gasteiger partial charge in [0.1, 0.15) is 11.4 Å². The Bertz CT molecular complexity index is 602. The van der Waals surface area contributed by atoms with E-state index in [9.17, 15) is 0 Å². The zero-order chi connectivity index (χ0) is 21.5. The van der Waals surface area contributed by atoms with Gasteiger partial charge in [0.2, 0.25) is 0 Å². The van der Waals surface area contributed by atoms with Crippen molar-refractivity contribution in [2.45, 2.75) is 118 Å². The van der Waals surface area contributed by atoms with Gasteiger partial charge in [0.15, 0.2) is 0 Å². The van der Waals surface area contributed by atoms with Crippen molar-refractivity contribution in [1.29, 1.82) is 0 Å². The van der Waals surface area contributed by atoms with Gasteiger partial charge in [-0.05, 0) is 55.6 Å². The van der Waals surface area contributed by atoms with Crippen molar-refractivity contribution >= 4 is 0 Å². The molecule has 1 heterocycles. The van der Waals surface area contributed by atoms with Gasteiger partial charge in [0.05, 0.1) is 0 Å². The van der Waals surface area contributed by atoms with Gasteiger partial charge in [-0.3, -0.25) is 0 Å². The molecule has 0 aromatic heterocycles. The Labute approximate surface area is 182 Å². The van der Waals surface area contributed by atoms with Crippen molar-refractivity contribution in [3.8, 4) is 5.75 Å². The standard InChI is InChI=1S/C28H48O/c1-22(2)13-10-14-23(3)15-11-16-24(4)17-12-20-28(7)27(5,6)21-25-18-8-9-19-26(25)29-28/h8-9,18-19,22-24H,10-17,20-21H2,1-7H3. The van der Waals surface area contributed by atoms with Gasteiger partial charge in [-0.1, -0.05) is 105 Å². The molecule has 0 N–H and O–H groups in total. The molecule has 0 aliphatic carbocycles. The maximum absolute atomic E-state index is 6.58. The highest BCUT2D eigenvalue weighted by Crippen LogP contribution is 2.47. The van der Waals surface area contributed by atoms with Crippen molar-refractivity contribution < 1.29 is 4.74 Å². The monoisotopic (exact) mass is 400 g/mol. The first-order valence-electron chi connectivity index (χ1n) is 12.4. The van der Waals surface area contributed by atoms with Gasteiger partial charge in [-0.25, -0.2) is 0 Å². The lowest BCUT2D eigenvalue weighted by atomic mass is 9.67. The number of rotatable bonds is 12. The normalized spacial score (nSPS) is 22.8. The molecule has 3 unspecified atom stereocenters. The van der Waals surface area contributed by atoms with E-state index in [0.29, 0.717) is 0 Å². The summed E-state index contributed by atoms with van der Waals surface area (Å²) >= 11 is 0. The Balaban J connectivity index is 1.69. The molecular weight excluding hydrogens is 352 g/mol. The van der Waals surface area contributed by atoms with E-state index in [2.05, 4.69) is 72.7 Å². The number of hydrogen-bond donors (Lipinski definition) is 0. The average Bonchev–Trinajstić information content (AvgIpc) is 2.62. The van der Waals surface area contributed by atoms with Gasteiger partial charge in [-0.2, -0.15) is 0 Å². The third-order valence-corrected chi connectivity index (χ3v) is 7.59. The fourth-order valence-electron chi connectivity index (χ4n) is 4.95. The molecule has 2 rings (SSSR count). The minimum Gasteiger partial charge on any atom is -0.487 e. The summed E-state index contributed by atoms with van der Waals surface area (Å²) in [7, 11) is 0. The van der Waals surface area contributed by atoms with Gasteiger partial charge in [0.25, 0.3) is 0 Å². The van der Waals surface area contributed by atoms with E-state index in [4.69, 9.17) is 4.74 Å². The molecule has 1 aromatic rings. The first-order chi connectivity index (χ1) is 13.6. The molecule has 0 amide bonds. The summed E-state index contributed by atoms with van der Waals surface area (Å²) in [5.41, 5.74) is 1.48. The first-order valence-corrected chi connectivity index (χ1v) is 12.4. The average molecular weight is 401 g/mol. The van der Waals surface area contributed by atoms with E-state index >= 15 is 0 Å². The molecule has 0 saturated carbocycles. The summed E-state index contributed by atoms with van der Waals surface area (Å²) in [5, 5.41) is 0. The van der Waals surface area contributed by atoms with Crippen LogP contribution in [0, 0.1) is 23.2 Å². The molecule has 29 heavy (non-hydrogen) atoms. The lowest BCUT2D eigenvalue weighted by molar-refractivity contribution is -0.0515. The number of fused-ring (bicyclic) bond motifs is 1. The number of benzene rings is 1. The summed E-state index contributed by atoms with van der Waals surface area (Å²) in [6.07, 6.45) is 13.3. The number of para-hydroxylation sites is 1. The van der Waals surface area contributed by atoms with Crippen LogP contribution in [0.2, 0.25) is 0 Å². The number of hydrogen-bond acceptors (Lipinski definition) is 1. The van der Waals surface area contributed by atoms with Crippen LogP contribution in [0.15, 0.2) is 24.3 Å². The second-order valence-corrected chi connectivity index (χ2v) is 11.4. The number of ether oxygens (including phenoxy) is 1. The maximum atomic E-state index is 6.58. The zero-order valence-electron chi connectivity index (χ0n) is 20.5. The molecule has 166 valence electrons. The van der Waals surface area contributed by atoms with E-state index in [0.717, 1.165) is 36.3 Å². The Morgan fingerprint density at radius 2 is 1.34 bits per heavy atom. The smallest absolute Gasteiger partial charge is 0.123 e. The Hall–Kier alpha value is -0.980. The molecule has 1 aliphatic heterocycles. The fourth-order valence-corrected chi connectivity index (χ4v) is 4.95. The third kappa shape index (κ3) is 7.34. The molecule has 1 heteroatoms. The van der Waals surface area contributed by atoms with Gasteiger partial charge < -0.3 is 4.74 Å². The highest BCUT2D eigenvalue weighted by atomic mass is 16.5. The van der Waals surface area contributed by atoms with Crippen LogP contribution in [0.25, 0.3) is 0 Å². The molecule has 0 radical (unpaired) electrons. The molecule has 3 atom stereocenters. The second-order valence-electron chi connectivity index (χ2n) is 11.4. The van der Waals surface area contributed by atoms with Gasteiger partial charge >= 0.3 is 0 Å². The summed E-state index contributed by atoms with van der Waals surface area (Å²) in [4.78, 5) is 0. The SMILES string of the molecule is CC(C)CCCC(C)CCCC(C)CCCC1(C)Oc2ccccc2CC1(C)C. The molecule has 1 aromatic carbocycles. The summed E-state index contributed by atoms with van der Waals surface area (Å²) in [6.45, 7) is 16.7. The second kappa shape index (κ2) is 10.9. The van der Waals surface area contributed by atoms with Crippen LogP contribution in [0.3, 0.4) is 0 Å². The van der Waals surface area contributed by atoms with Gasteiger partial charge in [-0.15, -0.1) is 0 Å². The minimum absolute atomic E-state index is 0.0635. The molecular formula is C28H48O. The highest BCUT2D eigenvalue weighted by Gasteiger charge is 2.46. The van der Waals surface area contributed by atoms with Crippen LogP contribution >= 0.6 is 0 Å². The van der Waals surface area contributed by atoms with Crippen molar-refractivity contribution in [2.24, 2.45) is 23.2 Å².